The molecule has 2 saturated carbocycles. The van der Waals surface area contributed by atoms with Gasteiger partial charge in [-0.3, -0.25) is 5.32 Å². The van der Waals surface area contributed by atoms with Gasteiger partial charge in [0.1, 0.15) is 6.10 Å². The highest BCUT2D eigenvalue weighted by molar-refractivity contribution is 4.94. The molecule has 0 radical (unpaired) electrons. The Hall–Kier alpha value is -0.480. The zero-order chi connectivity index (χ0) is 33.8. The zero-order valence-electron chi connectivity index (χ0n) is 29.3. The van der Waals surface area contributed by atoms with Crippen LogP contribution in [0.2, 0.25) is 0 Å². The maximum atomic E-state index is 11.2. The van der Waals surface area contributed by atoms with Crippen LogP contribution < -0.4 is 21.7 Å². The van der Waals surface area contributed by atoms with E-state index in [4.69, 9.17) is 24.7 Å². The molecule has 4 fully saturated rings. The number of nitrogens with two attached hydrogens (primary N) is 1. The van der Waals surface area contributed by atoms with Crippen LogP contribution in [0.4, 0.5) is 0 Å². The van der Waals surface area contributed by atoms with Crippen LogP contribution in [-0.4, -0.2) is 128 Å². The minimum atomic E-state index is -0.704. The second-order valence-electron chi connectivity index (χ2n) is 15.0. The normalized spacial score (nSPS) is 39.8. The van der Waals surface area contributed by atoms with Crippen molar-refractivity contribution in [3.05, 3.63) is 0 Å². The standard InChI is InChI=1S/C35H68N4O8/c1-4-38-26(8-5-24-11-12-39-34(36)14-24)20-45-33-16-25(15-32(44-3)35(33)43)30-18-27(41)17-28(47-30)9-6-23-7-10-29(42)31(13-23)46-21-37-19-22(2)40/h22-35,37-43H,4-21,36H2,1-3H3/t22-,23?,24?,25?,26+,27-,28-,29?,30+,31?,32?,33?,34?,35?/m0/s1. The summed E-state index contributed by atoms with van der Waals surface area (Å²) in [6.45, 7) is 6.98. The Bertz CT molecular complexity index is 860. The van der Waals surface area contributed by atoms with Crippen LogP contribution >= 0.6 is 0 Å². The van der Waals surface area contributed by atoms with Gasteiger partial charge in [-0.05, 0) is 121 Å². The van der Waals surface area contributed by atoms with Gasteiger partial charge in [0.15, 0.2) is 0 Å². The number of likely N-dealkylation sites (N-methyl/N-ethyl adjacent to an activating group) is 1. The van der Waals surface area contributed by atoms with E-state index in [-0.39, 0.29) is 48.6 Å². The summed E-state index contributed by atoms with van der Waals surface area (Å²) in [6, 6.07) is 0.211. The Kier molecular flexibility index (Phi) is 17.1. The van der Waals surface area contributed by atoms with E-state index in [0.29, 0.717) is 63.8 Å². The van der Waals surface area contributed by atoms with Gasteiger partial charge in [0, 0.05) is 19.7 Å². The SMILES string of the molecule is CCN[C@H](CCC1CCNC(N)C1)COC1CC([C@H]2C[C@@H](O)C[C@H](CCC3CCC(O)C(OCNC[C@H](C)O)C3)O2)CC(OC)C1O. The van der Waals surface area contributed by atoms with Crippen molar-refractivity contribution in [2.75, 3.05) is 40.1 Å². The molecule has 0 aromatic carbocycles. The number of nitrogens with one attached hydrogen (secondary N) is 3. The second-order valence-corrected chi connectivity index (χ2v) is 15.0. The van der Waals surface area contributed by atoms with E-state index in [9.17, 15) is 20.4 Å². The minimum Gasteiger partial charge on any atom is -0.393 e. The highest BCUT2D eigenvalue weighted by Gasteiger charge is 2.44. The molecule has 2 heterocycles. The summed E-state index contributed by atoms with van der Waals surface area (Å²) >= 11 is 0. The Morgan fingerprint density at radius 3 is 2.45 bits per heavy atom. The van der Waals surface area contributed by atoms with E-state index in [1.54, 1.807) is 14.0 Å². The van der Waals surface area contributed by atoms with E-state index in [2.05, 4.69) is 22.9 Å². The molecule has 4 rings (SSSR count). The van der Waals surface area contributed by atoms with Gasteiger partial charge in [-0.25, -0.2) is 0 Å². The van der Waals surface area contributed by atoms with Gasteiger partial charge in [-0.15, -0.1) is 0 Å². The lowest BCUT2D eigenvalue weighted by atomic mass is 9.77. The maximum Gasteiger partial charge on any atom is 0.106 e. The van der Waals surface area contributed by atoms with E-state index in [0.717, 1.165) is 64.5 Å². The number of aliphatic hydroxyl groups excluding tert-OH is 4. The number of ether oxygens (including phenoxy) is 4. The van der Waals surface area contributed by atoms with E-state index < -0.39 is 24.4 Å². The van der Waals surface area contributed by atoms with Crippen molar-refractivity contribution in [3.63, 3.8) is 0 Å². The van der Waals surface area contributed by atoms with E-state index >= 15 is 0 Å². The van der Waals surface area contributed by atoms with Crippen LogP contribution in [0.15, 0.2) is 0 Å². The number of hydrogen-bond acceptors (Lipinski definition) is 12. The third kappa shape index (κ3) is 13.0. The molecule has 0 spiro atoms. The van der Waals surface area contributed by atoms with Crippen LogP contribution in [-0.2, 0) is 18.9 Å². The summed E-state index contributed by atoms with van der Waals surface area (Å²) in [5.41, 5.74) is 6.13. The Morgan fingerprint density at radius 1 is 0.915 bits per heavy atom. The van der Waals surface area contributed by atoms with Gasteiger partial charge in [-0.1, -0.05) is 6.92 Å². The molecular formula is C35H68N4O8. The van der Waals surface area contributed by atoms with Crippen molar-refractivity contribution in [2.45, 2.75) is 164 Å². The molecule has 2 saturated heterocycles. The fourth-order valence-corrected chi connectivity index (χ4v) is 8.43. The lowest BCUT2D eigenvalue weighted by molar-refractivity contribution is -0.177. The summed E-state index contributed by atoms with van der Waals surface area (Å²) in [5, 5.41) is 52.0. The monoisotopic (exact) mass is 673 g/mol. The number of hydrogen-bond donors (Lipinski definition) is 8. The van der Waals surface area contributed by atoms with Crippen LogP contribution in [0.5, 0.6) is 0 Å². The summed E-state index contributed by atoms with van der Waals surface area (Å²) in [4.78, 5) is 0. The third-order valence-corrected chi connectivity index (χ3v) is 11.1. The first kappa shape index (κ1) is 39.3. The average Bonchev–Trinajstić information content (AvgIpc) is 3.04. The van der Waals surface area contributed by atoms with Crippen molar-refractivity contribution in [2.24, 2.45) is 23.5 Å². The molecule has 2 aliphatic heterocycles. The largest absolute Gasteiger partial charge is 0.393 e. The van der Waals surface area contributed by atoms with Gasteiger partial charge in [0.2, 0.25) is 0 Å². The van der Waals surface area contributed by atoms with E-state index in [1.807, 2.05) is 0 Å². The number of rotatable bonds is 18. The molecule has 9 N–H and O–H groups in total. The van der Waals surface area contributed by atoms with Crippen LogP contribution in [0.3, 0.4) is 0 Å². The van der Waals surface area contributed by atoms with Crippen LogP contribution in [0, 0.1) is 17.8 Å². The summed E-state index contributed by atoms with van der Waals surface area (Å²) in [6.07, 6.45) is 8.14. The Labute approximate surface area is 283 Å². The number of piperidine rings is 1. The molecule has 12 heteroatoms. The molecule has 0 bridgehead atoms. The average molecular weight is 673 g/mol. The first-order valence-electron chi connectivity index (χ1n) is 18.7. The fourth-order valence-electron chi connectivity index (χ4n) is 8.43. The van der Waals surface area contributed by atoms with Crippen molar-refractivity contribution in [1.29, 1.82) is 0 Å². The smallest absolute Gasteiger partial charge is 0.106 e. The summed E-state index contributed by atoms with van der Waals surface area (Å²) in [5.74, 6) is 1.18. The van der Waals surface area contributed by atoms with Gasteiger partial charge < -0.3 is 55.7 Å². The van der Waals surface area contributed by atoms with Gasteiger partial charge >= 0.3 is 0 Å². The highest BCUT2D eigenvalue weighted by Crippen LogP contribution is 2.38. The lowest BCUT2D eigenvalue weighted by Gasteiger charge is -2.44. The fraction of sp³-hybridized carbons (Fsp3) is 1.00. The highest BCUT2D eigenvalue weighted by atomic mass is 16.5. The first-order valence-corrected chi connectivity index (χ1v) is 18.7. The van der Waals surface area contributed by atoms with E-state index in [1.165, 1.54) is 0 Å². The van der Waals surface area contributed by atoms with Crippen LogP contribution in [0.25, 0.3) is 0 Å². The van der Waals surface area contributed by atoms with Crippen molar-refractivity contribution < 1.29 is 39.4 Å². The van der Waals surface area contributed by atoms with Crippen molar-refractivity contribution >= 4 is 0 Å². The molecule has 12 nitrogen and oxygen atoms in total. The second kappa shape index (κ2) is 20.4. The third-order valence-electron chi connectivity index (χ3n) is 11.1. The quantitative estimate of drug-likeness (QED) is 0.0776. The van der Waals surface area contributed by atoms with Crippen molar-refractivity contribution in [1.82, 2.24) is 16.0 Å². The van der Waals surface area contributed by atoms with Crippen LogP contribution in [0.1, 0.15) is 97.3 Å². The Balaban J connectivity index is 1.26. The number of aliphatic hydroxyl groups is 4. The Morgan fingerprint density at radius 2 is 1.70 bits per heavy atom. The molecular weight excluding hydrogens is 604 g/mol. The van der Waals surface area contributed by atoms with Crippen molar-refractivity contribution in [3.8, 4) is 0 Å². The minimum absolute atomic E-state index is 0.0314. The predicted octanol–water partition coefficient (Wildman–Crippen LogP) is 1.36. The molecule has 0 aromatic rings. The first-order chi connectivity index (χ1) is 22.6. The molecule has 9 unspecified atom stereocenters. The van der Waals surface area contributed by atoms with Gasteiger partial charge in [0.05, 0.1) is 68.3 Å². The predicted molar refractivity (Wildman–Crippen MR) is 181 cm³/mol. The summed E-state index contributed by atoms with van der Waals surface area (Å²) < 4.78 is 24.8. The molecule has 0 amide bonds. The molecule has 0 aromatic heterocycles. The van der Waals surface area contributed by atoms with Gasteiger partial charge in [-0.2, -0.15) is 0 Å². The molecule has 14 atom stereocenters. The summed E-state index contributed by atoms with van der Waals surface area (Å²) in [7, 11) is 1.65. The molecule has 47 heavy (non-hydrogen) atoms. The van der Waals surface area contributed by atoms with Gasteiger partial charge in [0.25, 0.3) is 0 Å². The molecule has 2 aliphatic carbocycles. The lowest BCUT2D eigenvalue weighted by Crippen LogP contribution is -2.52. The topological polar surface area (TPSA) is 180 Å². The molecule has 276 valence electrons. The number of methoxy groups -OCH3 is 1. The maximum absolute atomic E-state index is 11.2. The zero-order valence-corrected chi connectivity index (χ0v) is 29.3. The molecule has 4 aliphatic rings.